The minimum absolute atomic E-state index is 0.153. The van der Waals surface area contributed by atoms with Crippen LogP contribution in [0.3, 0.4) is 0 Å². The fourth-order valence-corrected chi connectivity index (χ4v) is 0.308. The van der Waals surface area contributed by atoms with Crippen molar-refractivity contribution in [3.8, 4) is 0 Å². The highest BCUT2D eigenvalue weighted by molar-refractivity contribution is 4.49. The quantitative estimate of drug-likeness (QED) is 0.340. The third-order valence-corrected chi connectivity index (χ3v) is 0.610. The second-order valence-electron chi connectivity index (χ2n) is 1.09. The van der Waals surface area contributed by atoms with Crippen LogP contribution in [0.15, 0.2) is 12.7 Å². The highest BCUT2D eigenvalue weighted by Gasteiger charge is 1.81. The number of nitrogens with zero attached hydrogens (tertiary/aromatic N) is 4. The Labute approximate surface area is 44.7 Å². The Kier molecular flexibility index (Phi) is 1.16. The molecule has 0 spiro atoms. The van der Waals surface area contributed by atoms with E-state index in [1.807, 2.05) is 0 Å². The number of hydrogen-bond acceptors (Lipinski definition) is 2. The minimum atomic E-state index is 0.153. The van der Waals surface area contributed by atoms with Crippen LogP contribution in [0, 0.1) is 0 Å². The summed E-state index contributed by atoms with van der Waals surface area (Å²) in [5.74, 6) is 0. The van der Waals surface area contributed by atoms with Crippen molar-refractivity contribution in [1.29, 1.82) is 0 Å². The van der Waals surface area contributed by atoms with Crippen molar-refractivity contribution in [3.05, 3.63) is 23.8 Å². The van der Waals surface area contributed by atoms with Crippen LogP contribution >= 0.6 is 0 Å². The van der Waals surface area contributed by atoms with Gasteiger partial charge >= 0.3 is 5.62 Å². The van der Waals surface area contributed by atoms with Crippen LogP contribution in [0.1, 0.15) is 0 Å². The molecule has 0 atom stereocenters. The summed E-state index contributed by atoms with van der Waals surface area (Å²) in [6, 6.07) is 0. The van der Waals surface area contributed by atoms with Crippen LogP contribution in [-0.4, -0.2) is 19.7 Å². The van der Waals surface area contributed by atoms with E-state index in [0.717, 1.165) is 0 Å². The monoisotopic (exact) mass is 109 g/mol. The van der Waals surface area contributed by atoms with E-state index in [0.29, 0.717) is 0 Å². The Bertz CT molecular complexity index is 226. The molecule has 0 radical (unpaired) electrons. The summed E-state index contributed by atoms with van der Waals surface area (Å²) in [5.41, 5.74) is 8.19. The number of aromatic amines is 1. The maximum absolute atomic E-state index is 8.04. The lowest BCUT2D eigenvalue weighted by Gasteiger charge is -1.68. The topological polar surface area (TPSA) is 78.0 Å². The molecule has 0 saturated heterocycles. The van der Waals surface area contributed by atoms with Crippen LogP contribution in [0.2, 0.25) is 0 Å². The summed E-state index contributed by atoms with van der Waals surface area (Å²) in [5, 5.41) is 0. The number of rotatable bonds is 0. The maximum atomic E-state index is 8.04. The van der Waals surface area contributed by atoms with Crippen LogP contribution in [-0.2, 0) is 0 Å². The van der Waals surface area contributed by atoms with Crippen LogP contribution in [0.4, 0.5) is 0 Å². The van der Waals surface area contributed by atoms with Gasteiger partial charge in [0.15, 0.2) is 12.7 Å². The van der Waals surface area contributed by atoms with Crippen molar-refractivity contribution in [2.24, 2.45) is 0 Å². The Morgan fingerprint density at radius 1 is 1.75 bits per heavy atom. The van der Waals surface area contributed by atoms with E-state index in [-0.39, 0.29) is 5.62 Å². The van der Waals surface area contributed by atoms with Crippen molar-refractivity contribution in [1.82, 2.24) is 15.0 Å². The smallest absolute Gasteiger partial charge is 0.471 e. The van der Waals surface area contributed by atoms with E-state index >= 15 is 0 Å². The molecule has 0 fully saturated rings. The highest BCUT2D eigenvalue weighted by Crippen LogP contribution is 1.49. The molecule has 1 N–H and O–H groups in total. The molecule has 0 unspecified atom stereocenters. The molecule has 1 aromatic heterocycles. The zero-order valence-corrected chi connectivity index (χ0v) is 3.94. The van der Waals surface area contributed by atoms with Crippen LogP contribution in [0.5, 0.6) is 0 Å². The van der Waals surface area contributed by atoms with Gasteiger partial charge in [0.2, 0.25) is 0 Å². The molecule has 0 bridgehead atoms. The SMILES string of the molecule is [N-]=[N+]=c1ncnc[nH]1. The number of H-pyrrole nitrogens is 1. The summed E-state index contributed by atoms with van der Waals surface area (Å²) in [7, 11) is 0. The van der Waals surface area contributed by atoms with Crippen LogP contribution < -0.4 is 5.62 Å². The second-order valence-corrected chi connectivity index (χ2v) is 1.09. The van der Waals surface area contributed by atoms with Crippen molar-refractivity contribution in [2.45, 2.75) is 0 Å². The van der Waals surface area contributed by atoms with Gasteiger partial charge in [-0.1, -0.05) is 0 Å². The first-order valence-electron chi connectivity index (χ1n) is 1.96. The molecule has 0 amide bonds. The van der Waals surface area contributed by atoms with Gasteiger partial charge in [0.25, 0.3) is 0 Å². The molecule has 1 heterocycles. The van der Waals surface area contributed by atoms with Gasteiger partial charge in [-0.15, -0.1) is 0 Å². The van der Waals surface area contributed by atoms with E-state index < -0.39 is 0 Å². The Hall–Kier alpha value is -1.48. The van der Waals surface area contributed by atoms with Crippen LogP contribution in [0.25, 0.3) is 5.53 Å². The van der Waals surface area contributed by atoms with Gasteiger partial charge in [-0.3, -0.25) is 0 Å². The van der Waals surface area contributed by atoms with E-state index in [1.165, 1.54) is 12.7 Å². The third-order valence-electron chi connectivity index (χ3n) is 0.610. The molecular weight excluding hydrogens is 106 g/mol. The zero-order chi connectivity index (χ0) is 5.82. The number of nitrogens with one attached hydrogen (secondary N) is 1. The average molecular weight is 109 g/mol. The lowest BCUT2D eigenvalue weighted by Crippen LogP contribution is -2.12. The highest BCUT2D eigenvalue weighted by atomic mass is 15.0. The Morgan fingerprint density at radius 3 is 3.00 bits per heavy atom. The molecule has 1 aromatic rings. The fraction of sp³-hybridized carbons (Fsp3) is 0. The van der Waals surface area contributed by atoms with Gasteiger partial charge in [-0.05, 0) is 4.98 Å². The third kappa shape index (κ3) is 0.772. The molecule has 0 aromatic carbocycles. The normalized spacial score (nSPS) is 8.00. The van der Waals surface area contributed by atoms with E-state index in [1.54, 1.807) is 0 Å². The van der Waals surface area contributed by atoms with Gasteiger partial charge < -0.3 is 10.3 Å². The van der Waals surface area contributed by atoms with Crippen molar-refractivity contribution in [3.63, 3.8) is 0 Å². The zero-order valence-electron chi connectivity index (χ0n) is 3.94. The van der Waals surface area contributed by atoms with Crippen molar-refractivity contribution >= 4 is 0 Å². The summed E-state index contributed by atoms with van der Waals surface area (Å²) in [4.78, 5) is 12.3. The summed E-state index contributed by atoms with van der Waals surface area (Å²) in [6.07, 6.45) is 2.66. The lowest BCUT2D eigenvalue weighted by atomic mass is 11.0. The molecule has 5 nitrogen and oxygen atoms in total. The van der Waals surface area contributed by atoms with Gasteiger partial charge in [0.05, 0.1) is 0 Å². The van der Waals surface area contributed by atoms with E-state index in [4.69, 9.17) is 5.53 Å². The van der Waals surface area contributed by atoms with Crippen molar-refractivity contribution in [2.75, 3.05) is 0 Å². The molecular formula is C3H3N5. The standard InChI is InChI=1S/C3H3N5/c4-8-3-6-1-5-2-7-3/h1-2H,(H,5,6,7). The largest absolute Gasteiger partial charge is 0.542 e. The average Bonchev–Trinajstić information content (AvgIpc) is 1.90. The van der Waals surface area contributed by atoms with Gasteiger partial charge in [-0.2, -0.15) is 4.98 Å². The van der Waals surface area contributed by atoms with E-state index in [2.05, 4.69) is 19.7 Å². The first-order valence-corrected chi connectivity index (χ1v) is 1.96. The molecule has 8 heavy (non-hydrogen) atoms. The van der Waals surface area contributed by atoms with Gasteiger partial charge in [0.1, 0.15) is 0 Å². The van der Waals surface area contributed by atoms with Crippen molar-refractivity contribution < 1.29 is 4.79 Å². The number of hydrogen-bond donors (Lipinski definition) is 1. The first-order chi connectivity index (χ1) is 3.93. The van der Waals surface area contributed by atoms with Gasteiger partial charge in [-0.25, -0.2) is 4.98 Å². The summed E-state index contributed by atoms with van der Waals surface area (Å²) in [6.45, 7) is 0. The van der Waals surface area contributed by atoms with Gasteiger partial charge in [0, 0.05) is 0 Å². The summed E-state index contributed by atoms with van der Waals surface area (Å²) >= 11 is 0. The van der Waals surface area contributed by atoms with E-state index in [9.17, 15) is 0 Å². The Balaban J connectivity index is 3.41. The molecule has 0 aliphatic heterocycles. The molecule has 40 valence electrons. The molecule has 0 aliphatic carbocycles. The molecule has 1 rings (SSSR count). The molecule has 0 saturated carbocycles. The molecule has 5 heteroatoms. The summed E-state index contributed by atoms with van der Waals surface area (Å²) < 4.78 is 0. The first kappa shape index (κ1) is 4.67. The second kappa shape index (κ2) is 1.99. The maximum Gasteiger partial charge on any atom is 0.471 e. The predicted molar refractivity (Wildman–Crippen MR) is 23.1 cm³/mol. The Morgan fingerprint density at radius 2 is 2.62 bits per heavy atom. The predicted octanol–water partition coefficient (Wildman–Crippen LogP) is -1.06. The fourth-order valence-electron chi connectivity index (χ4n) is 0.308. The lowest BCUT2D eigenvalue weighted by molar-refractivity contribution is -0.0796. The molecule has 0 aliphatic rings. The number of aromatic nitrogens is 3. The minimum Gasteiger partial charge on any atom is -0.542 e.